The van der Waals surface area contributed by atoms with Crippen LogP contribution in [0.25, 0.3) is 10.9 Å². The molecule has 0 spiro atoms. The quantitative estimate of drug-likeness (QED) is 0.490. The molecule has 0 aliphatic carbocycles. The van der Waals surface area contributed by atoms with E-state index in [0.29, 0.717) is 43.2 Å². The minimum atomic E-state index is -0.682. The highest BCUT2D eigenvalue weighted by molar-refractivity contribution is 6.31. The first-order valence-corrected chi connectivity index (χ1v) is 11.9. The number of aromatic nitrogens is 1. The predicted octanol–water partition coefficient (Wildman–Crippen LogP) is 2.93. The van der Waals surface area contributed by atoms with Crippen molar-refractivity contribution in [3.63, 3.8) is 0 Å². The van der Waals surface area contributed by atoms with E-state index >= 15 is 0 Å². The third kappa shape index (κ3) is 5.49. The second-order valence-electron chi connectivity index (χ2n) is 8.63. The lowest BCUT2D eigenvalue weighted by molar-refractivity contribution is -0.149. The van der Waals surface area contributed by atoms with Crippen molar-refractivity contribution in [1.82, 2.24) is 20.1 Å². The van der Waals surface area contributed by atoms with E-state index in [1.165, 1.54) is 14.0 Å². The first-order chi connectivity index (χ1) is 16.9. The highest BCUT2D eigenvalue weighted by atomic mass is 35.5. The van der Waals surface area contributed by atoms with Crippen LogP contribution in [0.5, 0.6) is 0 Å². The van der Waals surface area contributed by atoms with Gasteiger partial charge in [0.1, 0.15) is 12.1 Å². The van der Waals surface area contributed by atoms with Gasteiger partial charge in [0.05, 0.1) is 7.11 Å². The Morgan fingerprint density at radius 2 is 1.74 bits per heavy atom. The van der Waals surface area contributed by atoms with Gasteiger partial charge in [-0.1, -0.05) is 48.0 Å². The van der Waals surface area contributed by atoms with Crippen molar-refractivity contribution >= 4 is 40.3 Å². The number of nitrogens with zero attached hydrogens (tertiary/aromatic N) is 2. The lowest BCUT2D eigenvalue weighted by Crippen LogP contribution is -2.56. The van der Waals surface area contributed by atoms with E-state index in [0.717, 1.165) is 16.5 Å². The van der Waals surface area contributed by atoms with Crippen molar-refractivity contribution in [1.29, 1.82) is 0 Å². The van der Waals surface area contributed by atoms with E-state index in [-0.39, 0.29) is 11.8 Å². The fraction of sp³-hybridized carbons (Fsp3) is 0.346. The summed E-state index contributed by atoms with van der Waals surface area (Å²) in [5.41, 5.74) is 2.63. The maximum atomic E-state index is 13.5. The number of rotatable bonds is 7. The van der Waals surface area contributed by atoms with Gasteiger partial charge in [0, 0.05) is 61.6 Å². The van der Waals surface area contributed by atoms with Crippen molar-refractivity contribution in [2.75, 3.05) is 33.3 Å². The van der Waals surface area contributed by atoms with Crippen LogP contribution in [-0.2, 0) is 25.5 Å². The van der Waals surface area contributed by atoms with Crippen molar-refractivity contribution in [3.8, 4) is 0 Å². The molecule has 2 N–H and O–H groups in total. The van der Waals surface area contributed by atoms with Gasteiger partial charge in [0.15, 0.2) is 0 Å². The Bertz CT molecular complexity index is 1220. The van der Waals surface area contributed by atoms with Crippen LogP contribution in [0.1, 0.15) is 24.1 Å². The standard InChI is InChI=1S/C26H29ClN4O4/c1-17(32)29-23(15-18-16-28-22-10-6-4-7-19(18)22)25(33)31-13-11-30(12-14-31)24(26(34)35-2)20-8-3-5-9-21(20)27/h3-10,16,23-24,28H,11-15H2,1-2H3,(H,29,32). The Kier molecular flexibility index (Phi) is 7.73. The number of carbonyl (C=O) groups is 3. The fourth-order valence-electron chi connectivity index (χ4n) is 4.67. The molecule has 8 nitrogen and oxygen atoms in total. The number of nitrogens with one attached hydrogen (secondary N) is 2. The van der Waals surface area contributed by atoms with Crippen LogP contribution < -0.4 is 5.32 Å². The van der Waals surface area contributed by atoms with Crippen molar-refractivity contribution in [2.45, 2.75) is 25.4 Å². The van der Waals surface area contributed by atoms with Gasteiger partial charge in [0.25, 0.3) is 0 Å². The number of ether oxygens (including phenoxy) is 1. The second kappa shape index (κ2) is 10.9. The summed E-state index contributed by atoms with van der Waals surface area (Å²) >= 11 is 6.38. The molecule has 0 bridgehead atoms. The Hall–Kier alpha value is -3.36. The molecule has 4 rings (SSSR count). The van der Waals surface area contributed by atoms with E-state index < -0.39 is 18.1 Å². The monoisotopic (exact) mass is 496 g/mol. The summed E-state index contributed by atoms with van der Waals surface area (Å²) in [5.74, 6) is -0.794. The smallest absolute Gasteiger partial charge is 0.327 e. The van der Waals surface area contributed by atoms with Crippen LogP contribution in [0.2, 0.25) is 5.02 Å². The SMILES string of the molecule is COC(=O)C(c1ccccc1Cl)N1CCN(C(=O)C(Cc2c[nH]c3ccccc23)NC(C)=O)CC1. The Balaban J connectivity index is 1.48. The molecule has 1 aromatic heterocycles. The van der Waals surface area contributed by atoms with Gasteiger partial charge in [-0.3, -0.25) is 14.5 Å². The minimum absolute atomic E-state index is 0.141. The molecule has 1 saturated heterocycles. The van der Waals surface area contributed by atoms with E-state index in [4.69, 9.17) is 16.3 Å². The molecule has 2 atom stereocenters. The lowest BCUT2D eigenvalue weighted by Gasteiger charge is -2.39. The number of piperazine rings is 1. The number of para-hydroxylation sites is 1. The van der Waals surface area contributed by atoms with Crippen molar-refractivity contribution in [2.24, 2.45) is 0 Å². The Morgan fingerprint density at radius 3 is 2.43 bits per heavy atom. The van der Waals surface area contributed by atoms with Gasteiger partial charge in [-0.25, -0.2) is 4.79 Å². The number of methoxy groups -OCH3 is 1. The number of esters is 1. The summed E-state index contributed by atoms with van der Waals surface area (Å²) in [7, 11) is 1.36. The second-order valence-corrected chi connectivity index (χ2v) is 9.03. The van der Waals surface area contributed by atoms with Crippen LogP contribution in [0.15, 0.2) is 54.7 Å². The number of benzene rings is 2. The number of amides is 2. The number of hydrogen-bond acceptors (Lipinski definition) is 5. The van der Waals surface area contributed by atoms with Crippen LogP contribution in [0, 0.1) is 0 Å². The number of halogens is 1. The fourth-order valence-corrected chi connectivity index (χ4v) is 4.91. The summed E-state index contributed by atoms with van der Waals surface area (Å²) in [4.78, 5) is 44.9. The van der Waals surface area contributed by atoms with Crippen LogP contribution in [0.3, 0.4) is 0 Å². The molecular formula is C26H29ClN4O4. The number of aromatic amines is 1. The van der Waals surface area contributed by atoms with Gasteiger partial charge in [0.2, 0.25) is 11.8 Å². The zero-order valence-electron chi connectivity index (χ0n) is 19.8. The molecule has 35 heavy (non-hydrogen) atoms. The molecule has 2 unspecified atom stereocenters. The number of carbonyl (C=O) groups excluding carboxylic acids is 3. The van der Waals surface area contributed by atoms with Gasteiger partial charge >= 0.3 is 5.97 Å². The molecule has 2 amide bonds. The van der Waals surface area contributed by atoms with Crippen molar-refractivity contribution in [3.05, 3.63) is 70.9 Å². The Morgan fingerprint density at radius 1 is 1.06 bits per heavy atom. The summed E-state index contributed by atoms with van der Waals surface area (Å²) in [6, 6.07) is 13.7. The van der Waals surface area contributed by atoms with E-state index in [2.05, 4.69) is 10.3 Å². The Labute approximate surface area is 209 Å². The van der Waals surface area contributed by atoms with Crippen LogP contribution in [-0.4, -0.2) is 71.9 Å². The highest BCUT2D eigenvalue weighted by Crippen LogP contribution is 2.29. The molecule has 1 fully saturated rings. The summed E-state index contributed by atoms with van der Waals surface area (Å²) < 4.78 is 5.05. The third-order valence-electron chi connectivity index (χ3n) is 6.39. The normalized spacial score (nSPS) is 16.0. The van der Waals surface area contributed by atoms with Gasteiger partial charge in [-0.2, -0.15) is 0 Å². The van der Waals surface area contributed by atoms with Crippen LogP contribution >= 0.6 is 11.6 Å². The topological polar surface area (TPSA) is 94.7 Å². The molecule has 3 aromatic rings. The van der Waals surface area contributed by atoms with Gasteiger partial charge in [-0.05, 0) is 23.3 Å². The number of hydrogen-bond donors (Lipinski definition) is 2. The molecule has 1 aliphatic heterocycles. The summed E-state index contributed by atoms with van der Waals surface area (Å²) in [6.07, 6.45) is 2.27. The molecule has 2 heterocycles. The zero-order chi connectivity index (χ0) is 24.9. The molecule has 9 heteroatoms. The highest BCUT2D eigenvalue weighted by Gasteiger charge is 2.35. The van der Waals surface area contributed by atoms with Crippen molar-refractivity contribution < 1.29 is 19.1 Å². The van der Waals surface area contributed by atoms with Crippen LogP contribution in [0.4, 0.5) is 0 Å². The molecule has 0 saturated carbocycles. The maximum absolute atomic E-state index is 13.5. The predicted molar refractivity (Wildman–Crippen MR) is 134 cm³/mol. The number of fused-ring (bicyclic) bond motifs is 1. The molecule has 1 aliphatic rings. The third-order valence-corrected chi connectivity index (χ3v) is 6.73. The van der Waals surface area contributed by atoms with Gasteiger partial charge in [-0.15, -0.1) is 0 Å². The van der Waals surface area contributed by atoms with E-state index in [1.807, 2.05) is 53.6 Å². The van der Waals surface area contributed by atoms with Gasteiger partial charge < -0.3 is 19.9 Å². The summed E-state index contributed by atoms with van der Waals surface area (Å²) in [5, 5.41) is 4.35. The lowest BCUT2D eigenvalue weighted by atomic mass is 10.0. The molecular weight excluding hydrogens is 468 g/mol. The molecule has 184 valence electrons. The van der Waals surface area contributed by atoms with E-state index in [9.17, 15) is 14.4 Å². The average Bonchev–Trinajstić information content (AvgIpc) is 3.27. The first kappa shape index (κ1) is 24.8. The molecule has 0 radical (unpaired) electrons. The molecule has 2 aromatic carbocycles. The average molecular weight is 497 g/mol. The number of H-pyrrole nitrogens is 1. The van der Waals surface area contributed by atoms with E-state index in [1.54, 1.807) is 11.0 Å². The maximum Gasteiger partial charge on any atom is 0.327 e. The minimum Gasteiger partial charge on any atom is -0.468 e. The largest absolute Gasteiger partial charge is 0.468 e. The summed E-state index contributed by atoms with van der Waals surface area (Å²) in [6.45, 7) is 3.19. The zero-order valence-corrected chi connectivity index (χ0v) is 20.5. The first-order valence-electron chi connectivity index (χ1n) is 11.6.